The minimum Gasteiger partial charge on any atom is -0.497 e. The minimum atomic E-state index is -0.267. The van der Waals surface area contributed by atoms with Crippen molar-refractivity contribution in [2.45, 2.75) is 6.42 Å². The zero-order chi connectivity index (χ0) is 23.2. The average Bonchev–Trinajstić information content (AvgIpc) is 3.26. The molecule has 6 heteroatoms. The van der Waals surface area contributed by atoms with Gasteiger partial charge in [-0.25, -0.2) is 4.98 Å². The molecule has 1 N–H and O–H groups in total. The lowest BCUT2D eigenvalue weighted by molar-refractivity contribution is 0.102. The van der Waals surface area contributed by atoms with Gasteiger partial charge >= 0.3 is 0 Å². The van der Waals surface area contributed by atoms with E-state index < -0.39 is 0 Å². The molecule has 0 saturated heterocycles. The average molecular weight is 452 g/mol. The molecule has 1 heterocycles. The molecule has 3 aromatic carbocycles. The Labute approximate surface area is 196 Å². The zero-order valence-electron chi connectivity index (χ0n) is 18.0. The van der Waals surface area contributed by atoms with Crippen molar-refractivity contribution >= 4 is 28.5 Å². The number of thiazole rings is 1. The third-order valence-electron chi connectivity index (χ3n) is 5.14. The largest absolute Gasteiger partial charge is 0.497 e. The van der Waals surface area contributed by atoms with Gasteiger partial charge < -0.3 is 4.74 Å². The topological polar surface area (TPSA) is 75.0 Å². The van der Waals surface area contributed by atoms with E-state index in [4.69, 9.17) is 15.0 Å². The van der Waals surface area contributed by atoms with Gasteiger partial charge in [-0.3, -0.25) is 10.1 Å². The molecule has 5 nitrogen and oxygen atoms in total. The fraction of sp³-hybridized carbons (Fsp3) is 0.0741. The van der Waals surface area contributed by atoms with E-state index in [-0.39, 0.29) is 5.91 Å². The van der Waals surface area contributed by atoms with E-state index >= 15 is 0 Å². The molecular formula is C27H21N3O2S. The van der Waals surface area contributed by atoms with Gasteiger partial charge in [-0.2, -0.15) is 5.26 Å². The summed E-state index contributed by atoms with van der Waals surface area (Å²) in [6.45, 7) is 3.80. The maximum absolute atomic E-state index is 12.7. The molecular weight excluding hydrogens is 430 g/mol. The first-order chi connectivity index (χ1) is 16.1. The van der Waals surface area contributed by atoms with Crippen LogP contribution in [0.15, 0.2) is 79.4 Å². The number of carbonyl (C=O) groups is 1. The summed E-state index contributed by atoms with van der Waals surface area (Å²) in [7, 11) is 1.63. The molecule has 1 aromatic heterocycles. The molecule has 0 aliphatic carbocycles. The van der Waals surface area contributed by atoms with Crippen LogP contribution in [0.1, 0.15) is 31.9 Å². The molecule has 0 unspecified atom stereocenters. The Morgan fingerprint density at radius 3 is 2.39 bits per heavy atom. The number of hydrogen-bond donors (Lipinski definition) is 1. The molecule has 0 spiro atoms. The molecule has 33 heavy (non-hydrogen) atoms. The lowest BCUT2D eigenvalue weighted by atomic mass is 10.0. The van der Waals surface area contributed by atoms with E-state index in [2.05, 4.69) is 30.1 Å². The number of carbonyl (C=O) groups excluding carboxylic acids is 1. The molecule has 4 rings (SSSR count). The lowest BCUT2D eigenvalue weighted by Crippen LogP contribution is -2.11. The molecule has 0 bridgehead atoms. The molecule has 162 valence electrons. The predicted molar refractivity (Wildman–Crippen MR) is 133 cm³/mol. The molecule has 0 aliphatic heterocycles. The van der Waals surface area contributed by atoms with Gasteiger partial charge in [0, 0.05) is 22.4 Å². The van der Waals surface area contributed by atoms with Gasteiger partial charge in [0.1, 0.15) is 5.75 Å². The van der Waals surface area contributed by atoms with Crippen LogP contribution in [0.4, 0.5) is 5.13 Å². The van der Waals surface area contributed by atoms with E-state index in [1.54, 1.807) is 31.4 Å². The highest BCUT2D eigenvalue weighted by Gasteiger charge is 2.16. The van der Waals surface area contributed by atoms with E-state index in [0.29, 0.717) is 22.7 Å². The number of aromatic nitrogens is 1. The van der Waals surface area contributed by atoms with Crippen molar-refractivity contribution in [3.8, 4) is 23.1 Å². The maximum atomic E-state index is 12.7. The molecule has 1 amide bonds. The summed E-state index contributed by atoms with van der Waals surface area (Å²) in [4.78, 5) is 18.5. The van der Waals surface area contributed by atoms with Crippen LogP contribution in [0.2, 0.25) is 0 Å². The quantitative estimate of drug-likeness (QED) is 0.364. The van der Waals surface area contributed by atoms with E-state index in [1.165, 1.54) is 11.3 Å². The third-order valence-corrected chi connectivity index (χ3v) is 6.11. The number of rotatable bonds is 7. The number of benzene rings is 3. The number of hydrogen-bond acceptors (Lipinski definition) is 5. The number of ether oxygens (including phenoxy) is 1. The fourth-order valence-electron chi connectivity index (χ4n) is 3.32. The summed E-state index contributed by atoms with van der Waals surface area (Å²) in [6.07, 6.45) is 2.50. The summed E-state index contributed by atoms with van der Waals surface area (Å²) in [6, 6.07) is 24.5. The van der Waals surface area contributed by atoms with Crippen molar-refractivity contribution in [3.63, 3.8) is 0 Å². The molecule has 0 radical (unpaired) electrons. The lowest BCUT2D eigenvalue weighted by Gasteiger charge is -2.05. The first-order valence-electron chi connectivity index (χ1n) is 10.3. The first kappa shape index (κ1) is 22.0. The van der Waals surface area contributed by atoms with Gasteiger partial charge in [-0.05, 0) is 59.7 Å². The number of nitrogens with zero attached hydrogens (tertiary/aromatic N) is 2. The highest BCUT2D eigenvalue weighted by atomic mass is 32.1. The first-order valence-corrected chi connectivity index (χ1v) is 11.1. The van der Waals surface area contributed by atoms with Crippen LogP contribution in [-0.4, -0.2) is 18.0 Å². The van der Waals surface area contributed by atoms with Gasteiger partial charge in [-0.15, -0.1) is 11.3 Å². The Bertz CT molecular complexity index is 1320. The number of nitriles is 1. The summed E-state index contributed by atoms with van der Waals surface area (Å²) in [5, 5.41) is 12.4. The van der Waals surface area contributed by atoms with Gasteiger partial charge in [0.25, 0.3) is 5.91 Å². The van der Waals surface area contributed by atoms with Crippen LogP contribution in [0.3, 0.4) is 0 Å². The van der Waals surface area contributed by atoms with Crippen LogP contribution in [0.25, 0.3) is 17.3 Å². The van der Waals surface area contributed by atoms with E-state index in [1.807, 2.05) is 42.5 Å². The van der Waals surface area contributed by atoms with Gasteiger partial charge in [0.2, 0.25) is 0 Å². The van der Waals surface area contributed by atoms with Crippen LogP contribution in [0, 0.1) is 11.3 Å². The van der Waals surface area contributed by atoms with Crippen molar-refractivity contribution in [1.82, 2.24) is 4.98 Å². The van der Waals surface area contributed by atoms with Crippen LogP contribution in [-0.2, 0) is 6.42 Å². The second-order valence-electron chi connectivity index (χ2n) is 7.29. The monoisotopic (exact) mass is 451 g/mol. The molecule has 0 atom stereocenters. The van der Waals surface area contributed by atoms with Gasteiger partial charge in [-0.1, -0.05) is 36.9 Å². The minimum absolute atomic E-state index is 0.267. The standard InChI is InChI=1S/C27H21N3O2S/c1-3-18-4-6-19(7-5-18)16-24-25(21-12-14-23(32-2)15-13-21)29-27(33-24)30-26(31)22-10-8-20(17-28)9-11-22/h3-15H,1,16H2,2H3,(H,29,30,31). The van der Waals surface area contributed by atoms with Crippen molar-refractivity contribution in [2.24, 2.45) is 0 Å². The Morgan fingerprint density at radius 1 is 1.09 bits per heavy atom. The Balaban J connectivity index is 1.64. The van der Waals surface area contributed by atoms with Gasteiger partial charge in [0.05, 0.1) is 24.4 Å². The number of methoxy groups -OCH3 is 1. The SMILES string of the molecule is C=Cc1ccc(Cc2sc(NC(=O)c3ccc(C#N)cc3)nc2-c2ccc(OC)cc2)cc1. The Morgan fingerprint density at radius 2 is 1.79 bits per heavy atom. The highest BCUT2D eigenvalue weighted by molar-refractivity contribution is 7.16. The Kier molecular flexibility index (Phi) is 6.63. The molecule has 4 aromatic rings. The smallest absolute Gasteiger partial charge is 0.257 e. The highest BCUT2D eigenvalue weighted by Crippen LogP contribution is 2.34. The molecule has 0 saturated carbocycles. The molecule has 0 fully saturated rings. The summed E-state index contributed by atoms with van der Waals surface area (Å²) < 4.78 is 5.27. The normalized spacial score (nSPS) is 10.3. The molecule has 0 aliphatic rings. The summed E-state index contributed by atoms with van der Waals surface area (Å²) >= 11 is 1.45. The second-order valence-corrected chi connectivity index (χ2v) is 8.37. The van der Waals surface area contributed by atoms with E-state index in [0.717, 1.165) is 33.0 Å². The van der Waals surface area contributed by atoms with Crippen molar-refractivity contribution in [3.05, 3.63) is 107 Å². The number of amides is 1. The van der Waals surface area contributed by atoms with Gasteiger partial charge in [0.15, 0.2) is 5.13 Å². The van der Waals surface area contributed by atoms with Crippen LogP contribution < -0.4 is 10.1 Å². The van der Waals surface area contributed by atoms with E-state index in [9.17, 15) is 4.79 Å². The second kappa shape index (κ2) is 9.94. The Hall–Kier alpha value is -4.21. The predicted octanol–water partition coefficient (Wildman–Crippen LogP) is 6.18. The van der Waals surface area contributed by atoms with Crippen molar-refractivity contribution in [2.75, 3.05) is 12.4 Å². The van der Waals surface area contributed by atoms with Crippen molar-refractivity contribution in [1.29, 1.82) is 5.26 Å². The third kappa shape index (κ3) is 5.17. The van der Waals surface area contributed by atoms with Crippen LogP contribution >= 0.6 is 11.3 Å². The number of nitrogens with one attached hydrogen (secondary N) is 1. The van der Waals surface area contributed by atoms with Crippen molar-refractivity contribution < 1.29 is 9.53 Å². The fourth-order valence-corrected chi connectivity index (χ4v) is 4.33. The summed E-state index contributed by atoms with van der Waals surface area (Å²) in [5.74, 6) is 0.501. The zero-order valence-corrected chi connectivity index (χ0v) is 18.9. The maximum Gasteiger partial charge on any atom is 0.257 e. The summed E-state index contributed by atoms with van der Waals surface area (Å²) in [5.41, 5.74) is 4.95. The van der Waals surface area contributed by atoms with Crippen LogP contribution in [0.5, 0.6) is 5.75 Å². The number of anilines is 1.